The predicted molar refractivity (Wildman–Crippen MR) is 105 cm³/mol. The molecule has 0 fully saturated rings. The van der Waals surface area contributed by atoms with Crippen LogP contribution in [0, 0.1) is 0 Å². The van der Waals surface area contributed by atoms with E-state index in [0.29, 0.717) is 12.1 Å². The molecule has 140 valence electrons. The number of hydrogen-bond acceptors (Lipinski definition) is 4. The molecular weight excluding hydrogens is 350 g/mol. The summed E-state index contributed by atoms with van der Waals surface area (Å²) in [5.74, 6) is -0.289. The van der Waals surface area contributed by atoms with Crippen LogP contribution in [0.15, 0.2) is 54.6 Å². The van der Waals surface area contributed by atoms with Gasteiger partial charge in [0.15, 0.2) is 0 Å². The predicted octanol–water partition coefficient (Wildman–Crippen LogP) is 2.31. The van der Waals surface area contributed by atoms with E-state index in [2.05, 4.69) is 27.1 Å². The van der Waals surface area contributed by atoms with Gasteiger partial charge in [-0.2, -0.15) is 0 Å². The van der Waals surface area contributed by atoms with E-state index in [1.54, 1.807) is 24.3 Å². The summed E-state index contributed by atoms with van der Waals surface area (Å²) in [6, 6.07) is 16.8. The molecule has 2 N–H and O–H groups in total. The topological polar surface area (TPSA) is 78.5 Å². The fourth-order valence-electron chi connectivity index (χ4n) is 2.59. The number of anilines is 1. The van der Waals surface area contributed by atoms with Gasteiger partial charge in [-0.3, -0.25) is 9.52 Å². The number of sulfonamides is 1. The Morgan fingerprint density at radius 1 is 1.04 bits per heavy atom. The zero-order valence-corrected chi connectivity index (χ0v) is 15.9. The molecule has 26 heavy (non-hydrogen) atoms. The molecular formula is C19H25N3O3S. The van der Waals surface area contributed by atoms with Crippen LogP contribution in [0.5, 0.6) is 0 Å². The first-order chi connectivity index (χ1) is 12.3. The normalized spacial score (nSPS) is 11.3. The van der Waals surface area contributed by atoms with Crippen molar-refractivity contribution in [3.8, 4) is 0 Å². The van der Waals surface area contributed by atoms with Crippen molar-refractivity contribution < 1.29 is 13.2 Å². The molecule has 7 heteroatoms. The minimum absolute atomic E-state index is 0.286. The van der Waals surface area contributed by atoms with E-state index >= 15 is 0 Å². The molecule has 0 saturated heterocycles. The fourth-order valence-corrected chi connectivity index (χ4v) is 3.17. The summed E-state index contributed by atoms with van der Waals surface area (Å²) in [4.78, 5) is 14.5. The van der Waals surface area contributed by atoms with Crippen LogP contribution in [0.1, 0.15) is 22.3 Å². The quantitative estimate of drug-likeness (QED) is 0.659. The molecule has 0 saturated carbocycles. The van der Waals surface area contributed by atoms with E-state index in [9.17, 15) is 13.2 Å². The molecule has 1 amide bonds. The van der Waals surface area contributed by atoms with Gasteiger partial charge in [0, 0.05) is 13.1 Å². The Labute approximate surface area is 155 Å². The van der Waals surface area contributed by atoms with Crippen molar-refractivity contribution in [1.29, 1.82) is 0 Å². The Morgan fingerprint density at radius 2 is 1.69 bits per heavy atom. The van der Waals surface area contributed by atoms with Crippen LogP contribution in [0.2, 0.25) is 0 Å². The molecule has 2 rings (SSSR count). The average molecular weight is 375 g/mol. The highest BCUT2D eigenvalue weighted by atomic mass is 32.2. The van der Waals surface area contributed by atoms with Crippen molar-refractivity contribution in [2.24, 2.45) is 0 Å². The Hall–Kier alpha value is -2.38. The molecule has 0 radical (unpaired) electrons. The molecule has 0 bridgehead atoms. The van der Waals surface area contributed by atoms with Crippen LogP contribution in [0.3, 0.4) is 0 Å². The first-order valence-corrected chi connectivity index (χ1v) is 10.3. The van der Waals surface area contributed by atoms with E-state index in [0.717, 1.165) is 25.8 Å². The van der Waals surface area contributed by atoms with Crippen LogP contribution in [-0.2, 0) is 16.6 Å². The van der Waals surface area contributed by atoms with Crippen molar-refractivity contribution in [3.63, 3.8) is 0 Å². The molecule has 0 heterocycles. The minimum Gasteiger partial charge on any atom is -0.352 e. The van der Waals surface area contributed by atoms with Crippen molar-refractivity contribution >= 4 is 21.6 Å². The molecule has 0 aliphatic heterocycles. The van der Waals surface area contributed by atoms with Crippen LogP contribution < -0.4 is 10.0 Å². The number of amides is 1. The highest BCUT2D eigenvalue weighted by Crippen LogP contribution is 2.16. The van der Waals surface area contributed by atoms with E-state index in [4.69, 9.17) is 0 Å². The number of rotatable bonds is 9. The third-order valence-electron chi connectivity index (χ3n) is 3.76. The minimum atomic E-state index is -3.44. The standard InChI is InChI=1S/C19H25N3O3S/c1-22(15-16-9-4-3-5-10-16)14-8-13-20-19(23)17-11-6-7-12-18(17)21-26(2,24)25/h3-7,9-12,21H,8,13-15H2,1-2H3,(H,20,23). The second-order valence-corrected chi connectivity index (χ2v) is 8.00. The summed E-state index contributed by atoms with van der Waals surface area (Å²) in [6.07, 6.45) is 1.86. The lowest BCUT2D eigenvalue weighted by Crippen LogP contribution is -2.29. The summed E-state index contributed by atoms with van der Waals surface area (Å²) in [6.45, 7) is 2.22. The van der Waals surface area contributed by atoms with Gasteiger partial charge in [-0.15, -0.1) is 0 Å². The molecule has 6 nitrogen and oxygen atoms in total. The third-order valence-corrected chi connectivity index (χ3v) is 4.36. The number of nitrogens with one attached hydrogen (secondary N) is 2. The lowest BCUT2D eigenvalue weighted by atomic mass is 10.1. The van der Waals surface area contributed by atoms with Crippen LogP contribution in [-0.4, -0.2) is 45.6 Å². The van der Waals surface area contributed by atoms with Crippen LogP contribution in [0.4, 0.5) is 5.69 Å². The lowest BCUT2D eigenvalue weighted by Gasteiger charge is -2.17. The second kappa shape index (κ2) is 9.35. The summed E-state index contributed by atoms with van der Waals surface area (Å²) in [5, 5.41) is 2.84. The summed E-state index contributed by atoms with van der Waals surface area (Å²) < 4.78 is 25.2. The van der Waals surface area contributed by atoms with Gasteiger partial charge in [0.2, 0.25) is 10.0 Å². The number of hydrogen-bond donors (Lipinski definition) is 2. The molecule has 0 aliphatic carbocycles. The molecule has 0 atom stereocenters. The number of para-hydroxylation sites is 1. The van der Waals surface area contributed by atoms with Crippen molar-refractivity contribution in [2.75, 3.05) is 31.1 Å². The van der Waals surface area contributed by atoms with E-state index in [-0.39, 0.29) is 11.6 Å². The highest BCUT2D eigenvalue weighted by Gasteiger charge is 2.13. The molecule has 0 spiro atoms. The van der Waals surface area contributed by atoms with Crippen LogP contribution >= 0.6 is 0 Å². The maximum Gasteiger partial charge on any atom is 0.253 e. The lowest BCUT2D eigenvalue weighted by molar-refractivity contribution is 0.0953. The molecule has 2 aromatic carbocycles. The summed E-state index contributed by atoms with van der Waals surface area (Å²) in [5.41, 5.74) is 1.85. The van der Waals surface area contributed by atoms with Gasteiger partial charge >= 0.3 is 0 Å². The van der Waals surface area contributed by atoms with Gasteiger partial charge in [0.25, 0.3) is 5.91 Å². The first kappa shape index (κ1) is 19.9. The largest absolute Gasteiger partial charge is 0.352 e. The van der Waals surface area contributed by atoms with Gasteiger partial charge in [-0.1, -0.05) is 42.5 Å². The zero-order valence-electron chi connectivity index (χ0n) is 15.1. The van der Waals surface area contributed by atoms with Gasteiger partial charge in [0.05, 0.1) is 17.5 Å². The van der Waals surface area contributed by atoms with Crippen molar-refractivity contribution in [1.82, 2.24) is 10.2 Å². The summed E-state index contributed by atoms with van der Waals surface area (Å²) >= 11 is 0. The van der Waals surface area contributed by atoms with Gasteiger partial charge in [0.1, 0.15) is 0 Å². The van der Waals surface area contributed by atoms with Crippen LogP contribution in [0.25, 0.3) is 0 Å². The number of benzene rings is 2. The maximum atomic E-state index is 12.3. The smallest absolute Gasteiger partial charge is 0.253 e. The van der Waals surface area contributed by atoms with E-state index in [1.165, 1.54) is 5.56 Å². The van der Waals surface area contributed by atoms with Gasteiger partial charge in [-0.05, 0) is 37.7 Å². The molecule has 2 aromatic rings. The zero-order chi connectivity index (χ0) is 19.0. The maximum absolute atomic E-state index is 12.3. The summed E-state index contributed by atoms with van der Waals surface area (Å²) in [7, 11) is -1.39. The Morgan fingerprint density at radius 3 is 2.38 bits per heavy atom. The Kier molecular flexibility index (Phi) is 7.17. The van der Waals surface area contributed by atoms with E-state index in [1.807, 2.05) is 25.2 Å². The van der Waals surface area contributed by atoms with Gasteiger partial charge in [-0.25, -0.2) is 8.42 Å². The fraction of sp³-hybridized carbons (Fsp3) is 0.316. The van der Waals surface area contributed by atoms with Crippen molar-refractivity contribution in [3.05, 3.63) is 65.7 Å². The highest BCUT2D eigenvalue weighted by molar-refractivity contribution is 7.92. The third kappa shape index (κ3) is 6.85. The second-order valence-electron chi connectivity index (χ2n) is 6.25. The first-order valence-electron chi connectivity index (χ1n) is 8.42. The number of carbonyl (C=O) groups is 1. The molecule has 0 aliphatic rings. The Bertz CT molecular complexity index is 823. The monoisotopic (exact) mass is 375 g/mol. The average Bonchev–Trinajstić information content (AvgIpc) is 2.58. The van der Waals surface area contributed by atoms with E-state index < -0.39 is 10.0 Å². The SMILES string of the molecule is CN(CCCNC(=O)c1ccccc1NS(C)(=O)=O)Cc1ccccc1. The molecule has 0 unspecified atom stereocenters. The number of nitrogens with zero attached hydrogens (tertiary/aromatic N) is 1. The number of carbonyl (C=O) groups excluding carboxylic acids is 1. The Balaban J connectivity index is 1.80. The van der Waals surface area contributed by atoms with Crippen molar-refractivity contribution in [2.45, 2.75) is 13.0 Å². The molecule has 0 aromatic heterocycles. The van der Waals surface area contributed by atoms with Gasteiger partial charge < -0.3 is 10.2 Å².